The molecule has 0 saturated carbocycles. The van der Waals surface area contributed by atoms with Crippen LogP contribution in [0.15, 0.2) is 41.2 Å². The molecular weight excluding hydrogens is 314 g/mol. The Morgan fingerprint density at radius 2 is 2.09 bits per heavy atom. The number of nitrogens with one attached hydrogen (secondary N) is 2. The number of aromatic amines is 1. The fourth-order valence-electron chi connectivity index (χ4n) is 2.10. The second-order valence-electron chi connectivity index (χ2n) is 4.90. The molecule has 0 radical (unpaired) electrons. The third kappa shape index (κ3) is 3.54. The number of aryl methyl sites for hydroxylation is 1. The lowest BCUT2D eigenvalue weighted by atomic mass is 10.3. The highest BCUT2D eigenvalue weighted by Crippen LogP contribution is 2.08. The molecule has 0 spiro atoms. The molecule has 3 rings (SSSR count). The highest BCUT2D eigenvalue weighted by molar-refractivity contribution is 7.11. The van der Waals surface area contributed by atoms with Gasteiger partial charge in [-0.05, 0) is 19.1 Å². The summed E-state index contributed by atoms with van der Waals surface area (Å²) in [6.07, 6.45) is 0.612. The van der Waals surface area contributed by atoms with Gasteiger partial charge in [-0.2, -0.15) is 0 Å². The van der Waals surface area contributed by atoms with Crippen molar-refractivity contribution in [2.24, 2.45) is 0 Å². The predicted octanol–water partition coefficient (Wildman–Crippen LogP) is 1.30. The largest absolute Gasteiger partial charge is 0.350 e. The second kappa shape index (κ2) is 6.57. The number of carbonyl (C=O) groups is 1. The number of H-pyrrole nitrogens is 1. The van der Waals surface area contributed by atoms with E-state index < -0.39 is 0 Å². The van der Waals surface area contributed by atoms with Crippen LogP contribution in [0.25, 0.3) is 5.69 Å². The van der Waals surface area contributed by atoms with Crippen molar-refractivity contribution >= 4 is 17.2 Å². The molecule has 0 saturated heterocycles. The first-order valence-corrected chi connectivity index (χ1v) is 7.90. The Balaban J connectivity index is 1.65. The van der Waals surface area contributed by atoms with Crippen molar-refractivity contribution in [3.8, 4) is 5.69 Å². The number of nitrogens with zero attached hydrogens (tertiary/aromatic N) is 3. The molecule has 0 aliphatic heterocycles. The topological polar surface area (TPSA) is 92.7 Å². The molecule has 7 nitrogen and oxygen atoms in total. The molecule has 0 unspecified atom stereocenters. The van der Waals surface area contributed by atoms with Crippen LogP contribution in [-0.4, -0.2) is 32.4 Å². The maximum Gasteiger partial charge on any atom is 0.271 e. The van der Waals surface area contributed by atoms with Crippen LogP contribution in [0.1, 0.15) is 20.5 Å². The molecule has 1 amide bonds. The van der Waals surface area contributed by atoms with Crippen molar-refractivity contribution in [2.45, 2.75) is 13.3 Å². The van der Waals surface area contributed by atoms with Gasteiger partial charge in [0.2, 0.25) is 0 Å². The summed E-state index contributed by atoms with van der Waals surface area (Å²) in [4.78, 5) is 24.1. The third-order valence-electron chi connectivity index (χ3n) is 3.17. The number of aromatic nitrogens is 4. The minimum atomic E-state index is -0.321. The molecule has 0 aliphatic rings. The molecule has 3 aromatic rings. The van der Waals surface area contributed by atoms with E-state index in [0.717, 1.165) is 10.0 Å². The summed E-state index contributed by atoms with van der Waals surface area (Å²) in [5.74, 6) is -0.321. The van der Waals surface area contributed by atoms with Crippen LogP contribution in [0.2, 0.25) is 0 Å². The van der Waals surface area contributed by atoms with Gasteiger partial charge in [0.1, 0.15) is 15.7 Å². The molecule has 0 aliphatic carbocycles. The first-order chi connectivity index (χ1) is 11.1. The molecule has 0 bridgehead atoms. The van der Waals surface area contributed by atoms with Crippen LogP contribution in [0.4, 0.5) is 0 Å². The summed E-state index contributed by atoms with van der Waals surface area (Å²) in [7, 11) is 0. The van der Waals surface area contributed by atoms with Crippen LogP contribution in [0.5, 0.6) is 0 Å². The molecule has 2 aromatic heterocycles. The van der Waals surface area contributed by atoms with Gasteiger partial charge < -0.3 is 5.32 Å². The Morgan fingerprint density at radius 1 is 1.30 bits per heavy atom. The van der Waals surface area contributed by atoms with E-state index in [1.807, 2.05) is 25.1 Å². The van der Waals surface area contributed by atoms with E-state index in [0.29, 0.717) is 18.7 Å². The van der Waals surface area contributed by atoms with Gasteiger partial charge >= 0.3 is 0 Å². The Morgan fingerprint density at radius 3 is 2.78 bits per heavy atom. The zero-order valence-electron chi connectivity index (χ0n) is 12.4. The van der Waals surface area contributed by atoms with E-state index in [4.69, 9.17) is 0 Å². The van der Waals surface area contributed by atoms with Crippen molar-refractivity contribution < 1.29 is 4.79 Å². The molecule has 2 heterocycles. The van der Waals surface area contributed by atoms with E-state index >= 15 is 0 Å². The standard InChI is InChI=1S/C15H15N5O2S/c1-10-17-18-13(23-10)7-8-16-15(22)12-9-14(21)20(19-12)11-5-3-2-4-6-11/h2-6,9,19H,7-8H2,1H3,(H,16,22). The molecule has 2 N–H and O–H groups in total. The molecule has 23 heavy (non-hydrogen) atoms. The number of benzene rings is 1. The monoisotopic (exact) mass is 329 g/mol. The van der Waals surface area contributed by atoms with Crippen LogP contribution in [-0.2, 0) is 6.42 Å². The van der Waals surface area contributed by atoms with Gasteiger partial charge in [-0.1, -0.05) is 18.2 Å². The molecular formula is C15H15N5O2S. The second-order valence-corrected chi connectivity index (χ2v) is 6.17. The minimum Gasteiger partial charge on any atom is -0.350 e. The molecule has 0 atom stereocenters. The fourth-order valence-corrected chi connectivity index (χ4v) is 2.81. The molecule has 1 aromatic carbocycles. The number of hydrogen-bond acceptors (Lipinski definition) is 5. The van der Waals surface area contributed by atoms with E-state index in [2.05, 4.69) is 20.6 Å². The first-order valence-electron chi connectivity index (χ1n) is 7.08. The van der Waals surface area contributed by atoms with Crippen molar-refractivity contribution in [1.29, 1.82) is 0 Å². The van der Waals surface area contributed by atoms with Gasteiger partial charge in [-0.3, -0.25) is 14.7 Å². The average molecular weight is 329 g/mol. The van der Waals surface area contributed by atoms with Crippen LogP contribution < -0.4 is 10.9 Å². The number of carbonyl (C=O) groups excluding carboxylic acids is 1. The van der Waals surface area contributed by atoms with Gasteiger partial charge in [-0.25, -0.2) is 4.68 Å². The number of hydrogen-bond donors (Lipinski definition) is 2. The van der Waals surface area contributed by atoms with Crippen molar-refractivity contribution in [3.63, 3.8) is 0 Å². The minimum absolute atomic E-state index is 0.229. The highest BCUT2D eigenvalue weighted by atomic mass is 32.1. The summed E-state index contributed by atoms with van der Waals surface area (Å²) in [6.45, 7) is 2.32. The lowest BCUT2D eigenvalue weighted by Crippen LogP contribution is -2.26. The Bertz CT molecular complexity index is 865. The van der Waals surface area contributed by atoms with Crippen molar-refractivity contribution in [1.82, 2.24) is 25.3 Å². The van der Waals surface area contributed by atoms with Crippen molar-refractivity contribution in [2.75, 3.05) is 6.54 Å². The highest BCUT2D eigenvalue weighted by Gasteiger charge is 2.12. The van der Waals surface area contributed by atoms with E-state index in [9.17, 15) is 9.59 Å². The normalized spacial score (nSPS) is 10.7. The Hall–Kier alpha value is -2.74. The summed E-state index contributed by atoms with van der Waals surface area (Å²) >= 11 is 1.50. The third-order valence-corrected chi connectivity index (χ3v) is 4.07. The number of rotatable bonds is 5. The summed E-state index contributed by atoms with van der Waals surface area (Å²) in [5, 5.41) is 15.3. The zero-order valence-corrected chi connectivity index (χ0v) is 13.3. The first kappa shape index (κ1) is 15.2. The number of amides is 1. The predicted molar refractivity (Wildman–Crippen MR) is 87.1 cm³/mol. The Labute approximate surface area is 136 Å². The van der Waals surface area contributed by atoms with Crippen molar-refractivity contribution in [3.05, 3.63) is 62.5 Å². The molecule has 0 fully saturated rings. The van der Waals surface area contributed by atoms with Crippen LogP contribution >= 0.6 is 11.3 Å². The SMILES string of the molecule is Cc1nnc(CCNC(=O)c2cc(=O)n(-c3ccccc3)[nH]2)s1. The Kier molecular flexibility index (Phi) is 4.33. The van der Waals surface area contributed by atoms with Gasteiger partial charge in [-0.15, -0.1) is 21.5 Å². The smallest absolute Gasteiger partial charge is 0.271 e. The molecule has 118 valence electrons. The van der Waals surface area contributed by atoms with E-state index in [-0.39, 0.29) is 17.2 Å². The quantitative estimate of drug-likeness (QED) is 0.738. The fraction of sp³-hybridized carbons (Fsp3) is 0.200. The summed E-state index contributed by atoms with van der Waals surface area (Å²) in [6, 6.07) is 10.4. The maximum absolute atomic E-state index is 12.1. The van der Waals surface area contributed by atoms with Gasteiger partial charge in [0.25, 0.3) is 11.5 Å². The number of para-hydroxylation sites is 1. The lowest BCUT2D eigenvalue weighted by Gasteiger charge is -2.03. The summed E-state index contributed by atoms with van der Waals surface area (Å²) < 4.78 is 1.34. The van der Waals surface area contributed by atoms with Crippen LogP contribution in [0.3, 0.4) is 0 Å². The maximum atomic E-state index is 12.1. The van der Waals surface area contributed by atoms with Crippen LogP contribution in [0, 0.1) is 6.92 Å². The summed E-state index contributed by atoms with van der Waals surface area (Å²) in [5.41, 5.74) is 0.634. The molecule has 8 heteroatoms. The van der Waals surface area contributed by atoms with Gasteiger partial charge in [0, 0.05) is 19.0 Å². The van der Waals surface area contributed by atoms with E-state index in [1.54, 1.807) is 12.1 Å². The zero-order chi connectivity index (χ0) is 16.2. The average Bonchev–Trinajstić information content (AvgIpc) is 3.14. The van der Waals surface area contributed by atoms with Gasteiger partial charge in [0.05, 0.1) is 5.69 Å². The van der Waals surface area contributed by atoms with E-state index in [1.165, 1.54) is 22.1 Å². The van der Waals surface area contributed by atoms with Gasteiger partial charge in [0.15, 0.2) is 0 Å². The lowest BCUT2D eigenvalue weighted by molar-refractivity contribution is 0.0948.